The predicted molar refractivity (Wildman–Crippen MR) is 136 cm³/mol. The van der Waals surface area contributed by atoms with Gasteiger partial charge in [-0.2, -0.15) is 0 Å². The summed E-state index contributed by atoms with van der Waals surface area (Å²) in [5.41, 5.74) is -0.147. The van der Waals surface area contributed by atoms with Crippen molar-refractivity contribution in [2.45, 2.75) is 76.8 Å². The Morgan fingerprint density at radius 3 is 2.66 bits per heavy atom. The Balaban J connectivity index is 1.58. The van der Waals surface area contributed by atoms with Crippen LogP contribution in [0.3, 0.4) is 0 Å². The lowest BCUT2D eigenvalue weighted by molar-refractivity contribution is -0.274. The van der Waals surface area contributed by atoms with Crippen molar-refractivity contribution in [2.24, 2.45) is 11.8 Å². The van der Waals surface area contributed by atoms with E-state index in [0.29, 0.717) is 44.6 Å². The first-order chi connectivity index (χ1) is 18.0. The van der Waals surface area contributed by atoms with Gasteiger partial charge in [-0.25, -0.2) is 0 Å². The van der Waals surface area contributed by atoms with Crippen molar-refractivity contribution in [3.05, 3.63) is 36.7 Å². The smallest absolute Gasteiger partial charge is 0.498 e. The molecule has 8 nitrogen and oxygen atoms in total. The van der Waals surface area contributed by atoms with Gasteiger partial charge in [0, 0.05) is 36.8 Å². The number of halogens is 3. The second-order valence-corrected chi connectivity index (χ2v) is 10.3. The Morgan fingerprint density at radius 1 is 1.29 bits per heavy atom. The van der Waals surface area contributed by atoms with Crippen LogP contribution in [0.15, 0.2) is 36.7 Å². The molecule has 0 radical (unpaired) electrons. The second kappa shape index (κ2) is 13.2. The highest BCUT2D eigenvalue weighted by Gasteiger charge is 2.36. The van der Waals surface area contributed by atoms with Crippen molar-refractivity contribution < 1.29 is 37.3 Å². The normalized spacial score (nSPS) is 23.2. The number of hydrogen-bond donors (Lipinski definition) is 3. The molecule has 0 bridgehead atoms. The number of benzene rings is 1. The molecule has 1 aromatic carbocycles. The molecule has 2 amide bonds. The van der Waals surface area contributed by atoms with Crippen LogP contribution in [0.4, 0.5) is 18.9 Å². The van der Waals surface area contributed by atoms with Crippen LogP contribution >= 0.6 is 0 Å². The van der Waals surface area contributed by atoms with Gasteiger partial charge in [0.25, 0.3) is 0 Å². The zero-order chi connectivity index (χ0) is 27.8. The minimum absolute atomic E-state index is 0.0536. The lowest BCUT2D eigenvalue weighted by Crippen LogP contribution is -2.44. The molecule has 38 heavy (non-hydrogen) atoms. The standard InChI is InChI=1S/C27H38F3N3O5/c1-3-26(36)10-4-5-20(17-26)15-21(16-24(34)33-11-13-37-14-12-33)25(35)32-19(2)18-31-22-6-8-23(9-7-22)38-27(28,29)30/h6-9,11,13,19-21,31,36H,3-5,10,12,14-18H2,1-2H3,(H,32,35)/t19-,20?,21+,26?/m0/s1. The fourth-order valence-electron chi connectivity index (χ4n) is 5.07. The van der Waals surface area contributed by atoms with E-state index in [4.69, 9.17) is 4.74 Å². The molecule has 0 spiro atoms. The van der Waals surface area contributed by atoms with E-state index < -0.39 is 17.9 Å². The maximum atomic E-state index is 13.3. The van der Waals surface area contributed by atoms with Gasteiger partial charge in [-0.05, 0) is 62.8 Å². The van der Waals surface area contributed by atoms with Gasteiger partial charge < -0.3 is 30.1 Å². The molecule has 1 aliphatic carbocycles. The number of rotatable bonds is 11. The molecule has 212 valence electrons. The SMILES string of the molecule is CCC1(O)CCCC(C[C@H](CC(=O)N2C=COCC2)C(=O)N[C@@H](C)CNc2ccc(OC(F)(F)F)cc2)C1. The third-order valence-electron chi connectivity index (χ3n) is 7.19. The first-order valence-corrected chi connectivity index (χ1v) is 13.2. The molecule has 11 heteroatoms. The third kappa shape index (κ3) is 9.41. The Morgan fingerprint density at radius 2 is 2.03 bits per heavy atom. The van der Waals surface area contributed by atoms with E-state index in [1.165, 1.54) is 30.5 Å². The zero-order valence-corrected chi connectivity index (χ0v) is 21.9. The van der Waals surface area contributed by atoms with Crippen LogP contribution < -0.4 is 15.4 Å². The van der Waals surface area contributed by atoms with E-state index in [0.717, 1.165) is 19.3 Å². The number of carbonyl (C=O) groups is 2. The number of nitrogens with zero attached hydrogens (tertiary/aromatic N) is 1. The van der Waals surface area contributed by atoms with Crippen LogP contribution in [0.2, 0.25) is 0 Å². The lowest BCUT2D eigenvalue weighted by atomic mass is 9.73. The number of anilines is 1. The Kier molecular flexibility index (Phi) is 10.3. The molecule has 1 saturated carbocycles. The number of amides is 2. The molecule has 1 aliphatic heterocycles. The van der Waals surface area contributed by atoms with E-state index in [1.807, 2.05) is 13.8 Å². The summed E-state index contributed by atoms with van der Waals surface area (Å²) in [6.07, 6.45) is 2.67. The summed E-state index contributed by atoms with van der Waals surface area (Å²) in [4.78, 5) is 27.8. The summed E-state index contributed by atoms with van der Waals surface area (Å²) in [7, 11) is 0. The molecule has 3 N–H and O–H groups in total. The van der Waals surface area contributed by atoms with E-state index in [1.54, 1.807) is 11.1 Å². The summed E-state index contributed by atoms with van der Waals surface area (Å²) in [6, 6.07) is 5.04. The van der Waals surface area contributed by atoms with Crippen LogP contribution in [0.1, 0.15) is 58.8 Å². The maximum Gasteiger partial charge on any atom is 0.573 e. The van der Waals surface area contributed by atoms with Gasteiger partial charge in [-0.1, -0.05) is 19.8 Å². The molecule has 1 aromatic rings. The molecule has 4 atom stereocenters. The van der Waals surface area contributed by atoms with Gasteiger partial charge in [0.2, 0.25) is 11.8 Å². The average Bonchev–Trinajstić information content (AvgIpc) is 2.87. The number of ether oxygens (including phenoxy) is 2. The summed E-state index contributed by atoms with van der Waals surface area (Å²) in [5, 5.41) is 16.9. The van der Waals surface area contributed by atoms with Crippen LogP contribution in [0, 0.1) is 11.8 Å². The zero-order valence-electron chi connectivity index (χ0n) is 21.9. The second-order valence-electron chi connectivity index (χ2n) is 10.3. The van der Waals surface area contributed by atoms with Gasteiger partial charge in [0.15, 0.2) is 0 Å². The Labute approximate surface area is 221 Å². The van der Waals surface area contributed by atoms with Gasteiger partial charge in [0.05, 0.1) is 18.4 Å². The van der Waals surface area contributed by atoms with Crippen LogP contribution in [-0.4, -0.2) is 59.5 Å². The van der Waals surface area contributed by atoms with Crippen molar-refractivity contribution in [3.63, 3.8) is 0 Å². The van der Waals surface area contributed by atoms with E-state index in [9.17, 15) is 27.9 Å². The first kappa shape index (κ1) is 29.6. The number of carbonyl (C=O) groups excluding carboxylic acids is 2. The fraction of sp³-hybridized carbons (Fsp3) is 0.630. The fourth-order valence-corrected chi connectivity index (χ4v) is 5.07. The van der Waals surface area contributed by atoms with Gasteiger partial charge in [0.1, 0.15) is 12.4 Å². The maximum absolute atomic E-state index is 13.3. The minimum atomic E-state index is -4.75. The molecular weight excluding hydrogens is 503 g/mol. The predicted octanol–water partition coefficient (Wildman–Crippen LogP) is 4.56. The highest BCUT2D eigenvalue weighted by molar-refractivity contribution is 5.86. The van der Waals surface area contributed by atoms with Gasteiger partial charge >= 0.3 is 6.36 Å². The van der Waals surface area contributed by atoms with Crippen LogP contribution in [-0.2, 0) is 14.3 Å². The van der Waals surface area contributed by atoms with Gasteiger partial charge in [-0.15, -0.1) is 13.2 Å². The highest BCUT2D eigenvalue weighted by atomic mass is 19.4. The van der Waals surface area contributed by atoms with E-state index in [2.05, 4.69) is 15.4 Å². The van der Waals surface area contributed by atoms with E-state index >= 15 is 0 Å². The Hall–Kier alpha value is -2.95. The summed E-state index contributed by atoms with van der Waals surface area (Å²) in [6.45, 7) is 4.93. The molecule has 3 rings (SSSR count). The summed E-state index contributed by atoms with van der Waals surface area (Å²) >= 11 is 0. The Bertz CT molecular complexity index is 956. The number of aliphatic hydroxyl groups is 1. The van der Waals surface area contributed by atoms with Crippen LogP contribution in [0.5, 0.6) is 5.75 Å². The van der Waals surface area contributed by atoms with Crippen molar-refractivity contribution in [3.8, 4) is 5.75 Å². The largest absolute Gasteiger partial charge is 0.573 e. The molecule has 1 fully saturated rings. The molecular formula is C27H38F3N3O5. The van der Waals surface area contributed by atoms with E-state index in [-0.39, 0.29) is 35.9 Å². The summed E-state index contributed by atoms with van der Waals surface area (Å²) < 4.78 is 46.1. The third-order valence-corrected chi connectivity index (χ3v) is 7.19. The quantitative estimate of drug-likeness (QED) is 0.380. The first-order valence-electron chi connectivity index (χ1n) is 13.2. The van der Waals surface area contributed by atoms with Crippen molar-refractivity contribution in [1.29, 1.82) is 0 Å². The molecule has 2 unspecified atom stereocenters. The van der Waals surface area contributed by atoms with Crippen molar-refractivity contribution >= 4 is 17.5 Å². The average molecular weight is 542 g/mol. The van der Waals surface area contributed by atoms with Gasteiger partial charge in [-0.3, -0.25) is 9.59 Å². The minimum Gasteiger partial charge on any atom is -0.498 e. The number of nitrogens with one attached hydrogen (secondary N) is 2. The van der Waals surface area contributed by atoms with Crippen molar-refractivity contribution in [1.82, 2.24) is 10.2 Å². The lowest BCUT2D eigenvalue weighted by Gasteiger charge is -2.37. The number of alkyl halides is 3. The molecule has 0 aromatic heterocycles. The molecule has 2 aliphatic rings. The monoisotopic (exact) mass is 541 g/mol. The molecule has 0 saturated heterocycles. The van der Waals surface area contributed by atoms with Crippen LogP contribution in [0.25, 0.3) is 0 Å². The highest BCUT2D eigenvalue weighted by Crippen LogP contribution is 2.38. The van der Waals surface area contributed by atoms with Crippen molar-refractivity contribution in [2.75, 3.05) is 25.0 Å². The number of hydrogen-bond acceptors (Lipinski definition) is 6. The molecule has 1 heterocycles. The summed E-state index contributed by atoms with van der Waals surface area (Å²) in [5.74, 6) is -1.11. The topological polar surface area (TPSA) is 100 Å².